The van der Waals surface area contributed by atoms with Crippen LogP contribution in [0.3, 0.4) is 0 Å². The molecule has 0 fully saturated rings. The van der Waals surface area contributed by atoms with Crippen LogP contribution < -0.4 is 18.9 Å². The van der Waals surface area contributed by atoms with E-state index < -0.39 is 0 Å². The molecule has 0 spiro atoms. The van der Waals surface area contributed by atoms with Crippen LogP contribution >= 0.6 is 0 Å². The Bertz CT molecular complexity index is 153. The van der Waals surface area contributed by atoms with Gasteiger partial charge >= 0.3 is 18.9 Å². The van der Waals surface area contributed by atoms with Crippen molar-refractivity contribution in [2.75, 3.05) is 6.61 Å². The van der Waals surface area contributed by atoms with Crippen LogP contribution in [0.2, 0.25) is 0 Å². The van der Waals surface area contributed by atoms with Crippen LogP contribution in [0.4, 0.5) is 0 Å². The predicted molar refractivity (Wildman–Crippen MR) is 32.7 cm³/mol. The van der Waals surface area contributed by atoms with Gasteiger partial charge in [-0.3, -0.25) is 0 Å². The zero-order valence-electron chi connectivity index (χ0n) is 6.37. The van der Waals surface area contributed by atoms with E-state index >= 15 is 0 Å². The van der Waals surface area contributed by atoms with Crippen molar-refractivity contribution in [2.45, 2.75) is 13.7 Å². The third-order valence-electron chi connectivity index (χ3n) is 0.942. The van der Waals surface area contributed by atoms with Gasteiger partial charge in [0.15, 0.2) is 0 Å². The van der Waals surface area contributed by atoms with E-state index in [0.29, 0.717) is 6.73 Å². The van der Waals surface area contributed by atoms with Crippen molar-refractivity contribution in [3.63, 3.8) is 0 Å². The maximum absolute atomic E-state index is 5.07. The number of ether oxygens (including phenoxy) is 1. The summed E-state index contributed by atoms with van der Waals surface area (Å²) in [5, 5.41) is 0. The van der Waals surface area contributed by atoms with Gasteiger partial charge in [-0.1, -0.05) is 0 Å². The molecule has 1 rings (SSSR count). The van der Waals surface area contributed by atoms with E-state index in [9.17, 15) is 0 Å². The molecule has 0 aliphatic heterocycles. The normalized spacial score (nSPS) is 8.90. The Hall–Kier alpha value is -0.233. The van der Waals surface area contributed by atoms with Crippen LogP contribution in [0.15, 0.2) is 12.4 Å². The Morgan fingerprint density at radius 2 is 2.50 bits per heavy atom. The van der Waals surface area contributed by atoms with Crippen molar-refractivity contribution in [3.05, 3.63) is 18.7 Å². The fourth-order valence-electron chi connectivity index (χ4n) is 0.516. The smallest absolute Gasteiger partial charge is 0.433 e. The molecule has 0 radical (unpaired) electrons. The molecule has 0 aliphatic rings. The minimum Gasteiger partial charge on any atom is -0.433 e. The van der Waals surface area contributed by atoms with Crippen molar-refractivity contribution < 1.29 is 23.6 Å². The second-order valence-corrected chi connectivity index (χ2v) is 1.62. The van der Waals surface area contributed by atoms with Crippen molar-refractivity contribution >= 4 is 0 Å². The topological polar surface area (TPSA) is 27.1 Å². The van der Waals surface area contributed by atoms with Crippen molar-refractivity contribution in [1.29, 1.82) is 0 Å². The fraction of sp³-hybridized carbons (Fsp3) is 0.500. The Morgan fingerprint density at radius 1 is 1.70 bits per heavy atom. The van der Waals surface area contributed by atoms with Crippen molar-refractivity contribution in [3.8, 4) is 0 Å². The first-order valence-electron chi connectivity index (χ1n) is 2.90. The molecular formula is C6H9LiN2O. The fourth-order valence-corrected chi connectivity index (χ4v) is 0.516. The first-order chi connectivity index (χ1) is 4.43. The average Bonchev–Trinajstić information content (AvgIpc) is 2.34. The van der Waals surface area contributed by atoms with E-state index in [2.05, 4.69) is 11.3 Å². The number of aromatic nitrogens is 2. The van der Waals surface area contributed by atoms with Crippen LogP contribution in [0.5, 0.6) is 0 Å². The third-order valence-corrected chi connectivity index (χ3v) is 0.942. The molecule has 0 N–H and O–H groups in total. The maximum Gasteiger partial charge on any atom is 1.00 e. The number of rotatable bonds is 3. The molecular weight excluding hydrogens is 123 g/mol. The molecule has 50 valence electrons. The quantitative estimate of drug-likeness (QED) is 0.341. The van der Waals surface area contributed by atoms with Gasteiger partial charge in [-0.15, -0.1) is 12.4 Å². The summed E-state index contributed by atoms with van der Waals surface area (Å²) < 4.78 is 6.82. The summed E-state index contributed by atoms with van der Waals surface area (Å²) in [6, 6.07) is 0. The molecule has 0 bridgehead atoms. The van der Waals surface area contributed by atoms with Gasteiger partial charge in [-0.05, 0) is 6.92 Å². The first-order valence-corrected chi connectivity index (χ1v) is 2.90. The zero-order chi connectivity index (χ0) is 6.53. The molecule has 0 aliphatic carbocycles. The monoisotopic (exact) mass is 132 g/mol. The van der Waals surface area contributed by atoms with Crippen molar-refractivity contribution in [2.24, 2.45) is 0 Å². The summed E-state index contributed by atoms with van der Waals surface area (Å²) in [5.74, 6) is 0. The summed E-state index contributed by atoms with van der Waals surface area (Å²) in [4.78, 5) is 3.73. The van der Waals surface area contributed by atoms with Crippen LogP contribution in [0, 0.1) is 6.33 Å². The summed E-state index contributed by atoms with van der Waals surface area (Å²) in [6.45, 7) is 3.24. The van der Waals surface area contributed by atoms with E-state index in [-0.39, 0.29) is 18.9 Å². The summed E-state index contributed by atoms with van der Waals surface area (Å²) in [7, 11) is 0. The molecule has 4 heteroatoms. The molecule has 0 aromatic carbocycles. The Labute approximate surface area is 72.6 Å². The SMILES string of the molecule is CCOCn1[c-]ncc1.[Li+]. The average molecular weight is 132 g/mol. The van der Waals surface area contributed by atoms with Crippen LogP contribution in [-0.2, 0) is 11.5 Å². The molecule has 1 aromatic rings. The zero-order valence-corrected chi connectivity index (χ0v) is 6.37. The molecule has 10 heavy (non-hydrogen) atoms. The summed E-state index contributed by atoms with van der Waals surface area (Å²) in [6.07, 6.45) is 6.21. The number of hydrogen-bond acceptors (Lipinski definition) is 2. The molecule has 0 saturated carbocycles. The first kappa shape index (κ1) is 9.77. The van der Waals surface area contributed by atoms with Gasteiger partial charge in [0.05, 0.1) is 0 Å². The maximum atomic E-state index is 5.07. The summed E-state index contributed by atoms with van der Waals surface area (Å²) in [5.41, 5.74) is 0. The molecule has 0 unspecified atom stereocenters. The van der Waals surface area contributed by atoms with E-state index in [1.165, 1.54) is 0 Å². The minimum atomic E-state index is 0. The van der Waals surface area contributed by atoms with Gasteiger partial charge in [0, 0.05) is 12.9 Å². The van der Waals surface area contributed by atoms with E-state index in [0.717, 1.165) is 6.61 Å². The van der Waals surface area contributed by atoms with E-state index in [1.807, 2.05) is 13.1 Å². The Balaban J connectivity index is 0.000000810. The molecule has 0 atom stereocenters. The molecule has 0 amide bonds. The van der Waals surface area contributed by atoms with Gasteiger partial charge in [0.1, 0.15) is 6.73 Å². The van der Waals surface area contributed by atoms with Gasteiger partial charge in [0.25, 0.3) is 0 Å². The number of imidazole rings is 1. The molecule has 3 nitrogen and oxygen atoms in total. The molecule has 1 aromatic heterocycles. The predicted octanol–water partition coefficient (Wildman–Crippen LogP) is -2.32. The van der Waals surface area contributed by atoms with Crippen LogP contribution in [-0.4, -0.2) is 16.2 Å². The Morgan fingerprint density at radius 3 is 3.00 bits per heavy atom. The van der Waals surface area contributed by atoms with Gasteiger partial charge in [0.2, 0.25) is 0 Å². The summed E-state index contributed by atoms with van der Waals surface area (Å²) >= 11 is 0. The van der Waals surface area contributed by atoms with Crippen LogP contribution in [0.25, 0.3) is 0 Å². The largest absolute Gasteiger partial charge is 1.00 e. The van der Waals surface area contributed by atoms with Gasteiger partial charge < -0.3 is 14.3 Å². The molecule has 0 saturated heterocycles. The van der Waals surface area contributed by atoms with Gasteiger partial charge in [-0.25, -0.2) is 0 Å². The minimum absolute atomic E-state index is 0. The van der Waals surface area contributed by atoms with E-state index in [1.54, 1.807) is 10.8 Å². The Kier molecular flexibility index (Phi) is 5.42. The number of hydrogen-bond donors (Lipinski definition) is 0. The second kappa shape index (κ2) is 5.54. The third kappa shape index (κ3) is 3.07. The standard InChI is InChI=1S/C6H9N2O.Li/c1-2-9-6-8-4-3-7-5-8;/h3-4H,2,6H2,1H3;/q-1;+1. The van der Waals surface area contributed by atoms with E-state index in [4.69, 9.17) is 4.74 Å². The molecule has 1 heterocycles. The number of nitrogens with zero attached hydrogens (tertiary/aromatic N) is 2. The van der Waals surface area contributed by atoms with Crippen molar-refractivity contribution in [1.82, 2.24) is 9.55 Å². The van der Waals surface area contributed by atoms with Crippen LogP contribution in [0.1, 0.15) is 6.92 Å². The van der Waals surface area contributed by atoms with Gasteiger partial charge in [-0.2, -0.15) is 0 Å². The second-order valence-electron chi connectivity index (χ2n) is 1.62.